The van der Waals surface area contributed by atoms with E-state index in [4.69, 9.17) is 9.52 Å². The van der Waals surface area contributed by atoms with Crippen LogP contribution in [0.4, 0.5) is 0 Å². The summed E-state index contributed by atoms with van der Waals surface area (Å²) in [6.45, 7) is 5.49. The van der Waals surface area contributed by atoms with Gasteiger partial charge in [0.1, 0.15) is 11.5 Å². The summed E-state index contributed by atoms with van der Waals surface area (Å²) in [6, 6.07) is 3.83. The molecule has 2 unspecified atom stereocenters. The summed E-state index contributed by atoms with van der Waals surface area (Å²) < 4.78 is 5.44. The van der Waals surface area contributed by atoms with Crippen LogP contribution in [0.25, 0.3) is 0 Å². The molecule has 2 atom stereocenters. The molecule has 86 valence electrons. The third kappa shape index (κ3) is 3.66. The molecule has 1 aromatic rings. The second-order valence-electron chi connectivity index (χ2n) is 4.21. The summed E-state index contributed by atoms with van der Waals surface area (Å²) in [4.78, 5) is 0. The standard InChI is InChI=1S/C11H19NO3/c1-8-4-5-10(15-8)9(2)12-6-11(3,14)7-13/h4-5,9,12-14H,6-7H2,1-3H3. The van der Waals surface area contributed by atoms with E-state index in [9.17, 15) is 5.11 Å². The molecule has 0 radical (unpaired) electrons. The van der Waals surface area contributed by atoms with Crippen LogP contribution in [0.2, 0.25) is 0 Å². The Morgan fingerprint density at radius 3 is 2.67 bits per heavy atom. The normalized spacial score (nSPS) is 17.4. The summed E-state index contributed by atoms with van der Waals surface area (Å²) in [7, 11) is 0. The zero-order valence-electron chi connectivity index (χ0n) is 9.45. The van der Waals surface area contributed by atoms with E-state index in [0.29, 0.717) is 6.54 Å². The van der Waals surface area contributed by atoms with Gasteiger partial charge in [-0.2, -0.15) is 0 Å². The molecular weight excluding hydrogens is 194 g/mol. The van der Waals surface area contributed by atoms with Gasteiger partial charge in [-0.25, -0.2) is 0 Å². The topological polar surface area (TPSA) is 65.6 Å². The Morgan fingerprint density at radius 2 is 2.20 bits per heavy atom. The molecule has 0 aliphatic heterocycles. The molecule has 0 saturated heterocycles. The van der Waals surface area contributed by atoms with Crippen LogP contribution in [0.15, 0.2) is 16.5 Å². The average Bonchev–Trinajstić information content (AvgIpc) is 2.61. The molecule has 0 bridgehead atoms. The van der Waals surface area contributed by atoms with Crippen LogP contribution < -0.4 is 5.32 Å². The number of nitrogens with one attached hydrogen (secondary N) is 1. The SMILES string of the molecule is Cc1ccc(C(C)NCC(C)(O)CO)o1. The van der Waals surface area contributed by atoms with Gasteiger partial charge in [-0.05, 0) is 32.9 Å². The quantitative estimate of drug-likeness (QED) is 0.682. The van der Waals surface area contributed by atoms with Crippen molar-refractivity contribution in [2.45, 2.75) is 32.4 Å². The Balaban J connectivity index is 2.46. The third-order valence-electron chi connectivity index (χ3n) is 2.32. The lowest BCUT2D eigenvalue weighted by Gasteiger charge is -2.22. The smallest absolute Gasteiger partial charge is 0.120 e. The molecular formula is C11H19NO3. The molecule has 1 rings (SSSR count). The lowest BCUT2D eigenvalue weighted by atomic mass is 10.1. The first-order valence-corrected chi connectivity index (χ1v) is 5.07. The lowest BCUT2D eigenvalue weighted by molar-refractivity contribution is 0.000642. The second kappa shape index (κ2) is 4.79. The number of rotatable bonds is 5. The monoisotopic (exact) mass is 213 g/mol. The Morgan fingerprint density at radius 1 is 1.53 bits per heavy atom. The van der Waals surface area contributed by atoms with Crippen molar-refractivity contribution in [2.75, 3.05) is 13.2 Å². The number of furan rings is 1. The van der Waals surface area contributed by atoms with E-state index in [1.807, 2.05) is 26.0 Å². The second-order valence-corrected chi connectivity index (χ2v) is 4.21. The number of aliphatic hydroxyl groups is 2. The minimum absolute atomic E-state index is 0.0247. The first-order chi connectivity index (χ1) is 6.94. The van der Waals surface area contributed by atoms with E-state index in [2.05, 4.69) is 5.32 Å². The van der Waals surface area contributed by atoms with E-state index in [-0.39, 0.29) is 12.6 Å². The maximum absolute atomic E-state index is 9.58. The number of aliphatic hydroxyl groups excluding tert-OH is 1. The van der Waals surface area contributed by atoms with Crippen molar-refractivity contribution in [3.05, 3.63) is 23.7 Å². The molecule has 3 N–H and O–H groups in total. The molecule has 0 aliphatic rings. The molecule has 0 spiro atoms. The van der Waals surface area contributed by atoms with Crippen molar-refractivity contribution in [3.63, 3.8) is 0 Å². The van der Waals surface area contributed by atoms with E-state index in [1.54, 1.807) is 6.92 Å². The van der Waals surface area contributed by atoms with Gasteiger partial charge in [-0.15, -0.1) is 0 Å². The summed E-state index contributed by atoms with van der Waals surface area (Å²) in [5.41, 5.74) is -1.09. The lowest BCUT2D eigenvalue weighted by Crippen LogP contribution is -2.41. The first kappa shape index (κ1) is 12.2. The van der Waals surface area contributed by atoms with E-state index >= 15 is 0 Å². The molecule has 0 amide bonds. The van der Waals surface area contributed by atoms with Gasteiger partial charge < -0.3 is 19.9 Å². The van der Waals surface area contributed by atoms with Gasteiger partial charge in [0.15, 0.2) is 0 Å². The Kier molecular flexibility index (Phi) is 3.90. The number of hydrogen-bond donors (Lipinski definition) is 3. The highest BCUT2D eigenvalue weighted by Gasteiger charge is 2.20. The molecule has 15 heavy (non-hydrogen) atoms. The average molecular weight is 213 g/mol. The predicted octanol–water partition coefficient (Wildman–Crippen LogP) is 0.982. The van der Waals surface area contributed by atoms with E-state index in [1.165, 1.54) is 0 Å². The van der Waals surface area contributed by atoms with Crippen LogP contribution in [0.3, 0.4) is 0 Å². The van der Waals surface area contributed by atoms with Crippen LogP contribution in [0, 0.1) is 6.92 Å². The number of hydrogen-bond acceptors (Lipinski definition) is 4. The molecule has 0 aromatic carbocycles. The molecule has 4 heteroatoms. The van der Waals surface area contributed by atoms with Gasteiger partial charge in [0, 0.05) is 6.54 Å². The van der Waals surface area contributed by atoms with Crippen molar-refractivity contribution in [2.24, 2.45) is 0 Å². The zero-order chi connectivity index (χ0) is 11.5. The van der Waals surface area contributed by atoms with Gasteiger partial charge >= 0.3 is 0 Å². The maximum atomic E-state index is 9.58. The van der Waals surface area contributed by atoms with Crippen molar-refractivity contribution in [3.8, 4) is 0 Å². The van der Waals surface area contributed by atoms with Crippen LogP contribution in [0.1, 0.15) is 31.4 Å². The van der Waals surface area contributed by atoms with Crippen LogP contribution in [-0.2, 0) is 0 Å². The Labute approximate surface area is 89.9 Å². The van der Waals surface area contributed by atoms with Gasteiger partial charge in [-0.1, -0.05) is 0 Å². The van der Waals surface area contributed by atoms with Crippen molar-refractivity contribution >= 4 is 0 Å². The molecule has 0 aliphatic carbocycles. The van der Waals surface area contributed by atoms with E-state index in [0.717, 1.165) is 11.5 Å². The largest absolute Gasteiger partial charge is 0.465 e. The molecule has 1 aromatic heterocycles. The van der Waals surface area contributed by atoms with Crippen molar-refractivity contribution < 1.29 is 14.6 Å². The van der Waals surface area contributed by atoms with Crippen LogP contribution in [-0.4, -0.2) is 29.0 Å². The molecule has 4 nitrogen and oxygen atoms in total. The van der Waals surface area contributed by atoms with Crippen LogP contribution >= 0.6 is 0 Å². The fourth-order valence-corrected chi connectivity index (χ4v) is 1.22. The zero-order valence-corrected chi connectivity index (χ0v) is 9.45. The molecule has 1 heterocycles. The fraction of sp³-hybridized carbons (Fsp3) is 0.636. The molecule has 0 saturated carbocycles. The third-order valence-corrected chi connectivity index (χ3v) is 2.32. The summed E-state index contributed by atoms with van der Waals surface area (Å²) >= 11 is 0. The highest BCUT2D eigenvalue weighted by Crippen LogP contribution is 2.16. The summed E-state index contributed by atoms with van der Waals surface area (Å²) in [6.07, 6.45) is 0. The molecule has 0 fully saturated rings. The van der Waals surface area contributed by atoms with Gasteiger partial charge in [0.05, 0.1) is 18.2 Å². The Bertz CT molecular complexity index is 307. The Hall–Kier alpha value is -0.840. The highest BCUT2D eigenvalue weighted by atomic mass is 16.3. The summed E-state index contributed by atoms with van der Waals surface area (Å²) in [5, 5.41) is 21.5. The van der Waals surface area contributed by atoms with Gasteiger partial charge in [-0.3, -0.25) is 0 Å². The van der Waals surface area contributed by atoms with Gasteiger partial charge in [0.2, 0.25) is 0 Å². The minimum atomic E-state index is -1.09. The fourth-order valence-electron chi connectivity index (χ4n) is 1.22. The van der Waals surface area contributed by atoms with Crippen molar-refractivity contribution in [1.82, 2.24) is 5.32 Å². The van der Waals surface area contributed by atoms with Crippen LogP contribution in [0.5, 0.6) is 0 Å². The first-order valence-electron chi connectivity index (χ1n) is 5.07. The van der Waals surface area contributed by atoms with E-state index < -0.39 is 5.60 Å². The maximum Gasteiger partial charge on any atom is 0.120 e. The van der Waals surface area contributed by atoms with Crippen molar-refractivity contribution in [1.29, 1.82) is 0 Å². The number of aryl methyl sites for hydroxylation is 1. The van der Waals surface area contributed by atoms with Gasteiger partial charge in [0.25, 0.3) is 0 Å². The summed E-state index contributed by atoms with van der Waals surface area (Å²) in [5.74, 6) is 1.70. The predicted molar refractivity (Wildman–Crippen MR) is 57.6 cm³/mol. The minimum Gasteiger partial charge on any atom is -0.465 e. The highest BCUT2D eigenvalue weighted by molar-refractivity contribution is 5.08.